The van der Waals surface area contributed by atoms with Gasteiger partial charge in [0.2, 0.25) is 10.0 Å². The molecule has 0 unspecified atom stereocenters. The van der Waals surface area contributed by atoms with Crippen LogP contribution >= 0.6 is 0 Å². The Kier molecular flexibility index (Phi) is 5.20. The fraction of sp³-hybridized carbons (Fsp3) is 0.444. The molecule has 0 radical (unpaired) electrons. The molecule has 0 aliphatic carbocycles. The van der Waals surface area contributed by atoms with Crippen LogP contribution in [0.15, 0.2) is 24.3 Å². The number of rotatable bonds is 4. The van der Waals surface area contributed by atoms with E-state index in [-0.39, 0.29) is 24.7 Å². The number of pyridine rings is 1. The number of fused-ring (bicyclic) bond motifs is 1. The van der Waals surface area contributed by atoms with Crippen LogP contribution in [0, 0.1) is 18.7 Å². The van der Waals surface area contributed by atoms with Gasteiger partial charge in [-0.25, -0.2) is 17.1 Å². The molecule has 0 saturated carbocycles. The number of sulfonamides is 1. The van der Waals surface area contributed by atoms with E-state index in [1.165, 1.54) is 37.2 Å². The van der Waals surface area contributed by atoms with Crippen molar-refractivity contribution < 1.29 is 22.7 Å². The number of β-amino-alcohol motifs (C(OH)–C–C–N with tert-alkyl or cyclic N) is 1. The summed E-state index contributed by atoms with van der Waals surface area (Å²) in [5.41, 5.74) is 1.31. The van der Waals surface area contributed by atoms with Crippen LogP contribution in [0.25, 0.3) is 10.9 Å². The molecule has 1 amide bonds. The van der Waals surface area contributed by atoms with Gasteiger partial charge in [0.25, 0.3) is 5.91 Å². The Morgan fingerprint density at radius 1 is 1.33 bits per heavy atom. The van der Waals surface area contributed by atoms with Gasteiger partial charge >= 0.3 is 0 Å². The van der Waals surface area contributed by atoms with Crippen LogP contribution in [0.5, 0.6) is 0 Å². The summed E-state index contributed by atoms with van der Waals surface area (Å²) in [6, 6.07) is 5.66. The molecule has 1 aromatic heterocycles. The maximum atomic E-state index is 13.5. The molecule has 0 bridgehead atoms. The number of carbonyl (C=O) groups is 1. The number of hydrogen-bond acceptors (Lipinski definition) is 5. The number of benzene rings is 1. The lowest BCUT2D eigenvalue weighted by Crippen LogP contribution is -2.33. The number of nitrogens with zero attached hydrogens (tertiary/aromatic N) is 3. The second kappa shape index (κ2) is 7.14. The van der Waals surface area contributed by atoms with Crippen LogP contribution < -0.4 is 0 Å². The Hall–Kier alpha value is -2.10. The van der Waals surface area contributed by atoms with Crippen LogP contribution in [0.1, 0.15) is 16.1 Å². The lowest BCUT2D eigenvalue weighted by molar-refractivity contribution is 0.0766. The topological polar surface area (TPSA) is 90.8 Å². The van der Waals surface area contributed by atoms with E-state index in [0.29, 0.717) is 22.2 Å². The first kappa shape index (κ1) is 19.7. The van der Waals surface area contributed by atoms with Gasteiger partial charge in [-0.15, -0.1) is 0 Å². The highest BCUT2D eigenvalue weighted by atomic mass is 32.2. The molecule has 2 heterocycles. The summed E-state index contributed by atoms with van der Waals surface area (Å²) < 4.78 is 38.8. The summed E-state index contributed by atoms with van der Waals surface area (Å²) in [4.78, 5) is 18.7. The van der Waals surface area contributed by atoms with E-state index < -0.39 is 27.9 Å². The molecule has 1 aliphatic heterocycles. The smallest absolute Gasteiger partial charge is 0.254 e. The zero-order chi connectivity index (χ0) is 19.9. The molecule has 146 valence electrons. The fourth-order valence-corrected chi connectivity index (χ4v) is 4.45. The maximum absolute atomic E-state index is 13.5. The molecular weight excluding hydrogens is 373 g/mol. The number of amides is 1. The van der Waals surface area contributed by atoms with E-state index >= 15 is 0 Å². The summed E-state index contributed by atoms with van der Waals surface area (Å²) in [7, 11) is -0.621. The van der Waals surface area contributed by atoms with Gasteiger partial charge in [0.1, 0.15) is 5.82 Å². The molecule has 9 heteroatoms. The van der Waals surface area contributed by atoms with Crippen LogP contribution in [-0.2, 0) is 10.0 Å². The SMILES string of the molecule is Cc1cc(C(=O)N2C[C@@H](CS(=O)(=O)N(C)C)[C@@H](O)C2)c2ccc(F)cc2n1. The van der Waals surface area contributed by atoms with Crippen molar-refractivity contribution in [3.05, 3.63) is 41.3 Å². The fourth-order valence-electron chi connectivity index (χ4n) is 3.28. The van der Waals surface area contributed by atoms with Crippen LogP contribution in [0.3, 0.4) is 0 Å². The van der Waals surface area contributed by atoms with Gasteiger partial charge in [-0.05, 0) is 25.1 Å². The highest BCUT2D eigenvalue weighted by Crippen LogP contribution is 2.25. The quantitative estimate of drug-likeness (QED) is 0.834. The van der Waals surface area contributed by atoms with Gasteiger partial charge < -0.3 is 10.0 Å². The van der Waals surface area contributed by atoms with E-state index in [1.54, 1.807) is 13.0 Å². The molecule has 0 spiro atoms. The first-order chi connectivity index (χ1) is 12.6. The zero-order valence-corrected chi connectivity index (χ0v) is 16.2. The van der Waals surface area contributed by atoms with Crippen LogP contribution in [0.2, 0.25) is 0 Å². The number of aromatic nitrogens is 1. The predicted octanol–water partition coefficient (Wildman–Crippen LogP) is 1.01. The second-order valence-corrected chi connectivity index (χ2v) is 9.30. The van der Waals surface area contributed by atoms with Gasteiger partial charge in [0, 0.05) is 50.2 Å². The molecule has 1 saturated heterocycles. The third kappa shape index (κ3) is 3.95. The minimum absolute atomic E-state index is 0.0521. The molecule has 7 nitrogen and oxygen atoms in total. The van der Waals surface area contributed by atoms with E-state index in [2.05, 4.69) is 4.98 Å². The van der Waals surface area contributed by atoms with Crippen molar-refractivity contribution in [2.24, 2.45) is 5.92 Å². The highest BCUT2D eigenvalue weighted by Gasteiger charge is 2.38. The monoisotopic (exact) mass is 395 g/mol. The molecule has 3 rings (SSSR count). The van der Waals surface area contributed by atoms with Gasteiger partial charge in [0.15, 0.2) is 0 Å². The Bertz CT molecular complexity index is 988. The second-order valence-electron chi connectivity index (χ2n) is 7.07. The molecule has 1 aliphatic rings. The minimum Gasteiger partial charge on any atom is -0.391 e. The number of aliphatic hydroxyl groups excluding tert-OH is 1. The Morgan fingerprint density at radius 3 is 2.70 bits per heavy atom. The summed E-state index contributed by atoms with van der Waals surface area (Å²) in [6.45, 7) is 1.90. The minimum atomic E-state index is -3.49. The van der Waals surface area contributed by atoms with Crippen molar-refractivity contribution in [2.75, 3.05) is 32.9 Å². The van der Waals surface area contributed by atoms with Gasteiger partial charge in [-0.1, -0.05) is 0 Å². The standard InChI is InChI=1S/C18H22FN3O4S/c1-11-6-15(14-5-4-13(19)7-16(14)20-11)18(24)22-8-12(17(23)9-22)10-27(25,26)21(2)3/h4-7,12,17,23H,8-10H2,1-3H3/t12-,17-/m0/s1. The summed E-state index contributed by atoms with van der Waals surface area (Å²) in [5, 5.41) is 10.8. The van der Waals surface area contributed by atoms with Crippen molar-refractivity contribution in [1.82, 2.24) is 14.2 Å². The van der Waals surface area contributed by atoms with Gasteiger partial charge in [-0.2, -0.15) is 0 Å². The third-order valence-corrected chi connectivity index (χ3v) is 6.77. The lowest BCUT2D eigenvalue weighted by Gasteiger charge is -2.19. The average Bonchev–Trinajstić information content (AvgIpc) is 2.93. The number of carbonyl (C=O) groups excluding carboxylic acids is 1. The van der Waals surface area contributed by atoms with E-state index in [1.807, 2.05) is 0 Å². The summed E-state index contributed by atoms with van der Waals surface area (Å²) in [5.74, 6) is -1.56. The molecule has 2 aromatic rings. The van der Waals surface area contributed by atoms with Crippen molar-refractivity contribution in [3.8, 4) is 0 Å². The molecule has 1 fully saturated rings. The van der Waals surface area contributed by atoms with Crippen molar-refractivity contribution >= 4 is 26.8 Å². The number of aryl methyl sites for hydroxylation is 1. The Morgan fingerprint density at radius 2 is 2.04 bits per heavy atom. The maximum Gasteiger partial charge on any atom is 0.254 e. The molecule has 27 heavy (non-hydrogen) atoms. The third-order valence-electron chi connectivity index (χ3n) is 4.81. The summed E-state index contributed by atoms with van der Waals surface area (Å²) in [6.07, 6.45) is -0.921. The number of halogens is 1. The number of hydrogen-bond donors (Lipinski definition) is 1. The van der Waals surface area contributed by atoms with E-state index in [9.17, 15) is 22.7 Å². The Labute approximate surface area is 157 Å². The lowest BCUT2D eigenvalue weighted by atomic mass is 10.1. The highest BCUT2D eigenvalue weighted by molar-refractivity contribution is 7.89. The average molecular weight is 395 g/mol. The van der Waals surface area contributed by atoms with Crippen LogP contribution in [0.4, 0.5) is 4.39 Å². The van der Waals surface area contributed by atoms with Gasteiger partial charge in [-0.3, -0.25) is 9.78 Å². The molecule has 1 aromatic carbocycles. The molecular formula is C18H22FN3O4S. The normalized spacial score (nSPS) is 20.6. The van der Waals surface area contributed by atoms with E-state index in [4.69, 9.17) is 0 Å². The largest absolute Gasteiger partial charge is 0.391 e. The van der Waals surface area contributed by atoms with Gasteiger partial charge in [0.05, 0.1) is 22.9 Å². The van der Waals surface area contributed by atoms with Crippen LogP contribution in [-0.4, -0.2) is 72.7 Å². The first-order valence-electron chi connectivity index (χ1n) is 8.53. The molecule has 1 N–H and O–H groups in total. The van der Waals surface area contributed by atoms with E-state index in [0.717, 1.165) is 4.31 Å². The number of likely N-dealkylation sites (tertiary alicyclic amines) is 1. The van der Waals surface area contributed by atoms with Crippen molar-refractivity contribution in [3.63, 3.8) is 0 Å². The Balaban J connectivity index is 1.88. The molecule has 2 atom stereocenters. The predicted molar refractivity (Wildman–Crippen MR) is 99.3 cm³/mol. The first-order valence-corrected chi connectivity index (χ1v) is 10.1. The van der Waals surface area contributed by atoms with Crippen molar-refractivity contribution in [2.45, 2.75) is 13.0 Å². The summed E-state index contributed by atoms with van der Waals surface area (Å²) >= 11 is 0. The zero-order valence-electron chi connectivity index (χ0n) is 15.4. The number of aliphatic hydroxyl groups is 1. The van der Waals surface area contributed by atoms with Crippen molar-refractivity contribution in [1.29, 1.82) is 0 Å².